The molecule has 138 valence electrons. The molecule has 27 heavy (non-hydrogen) atoms. The Morgan fingerprint density at radius 1 is 1.15 bits per heavy atom. The van der Waals surface area contributed by atoms with E-state index < -0.39 is 17.5 Å². The third-order valence-electron chi connectivity index (χ3n) is 4.11. The van der Waals surface area contributed by atoms with Gasteiger partial charge in [-0.1, -0.05) is 18.2 Å². The predicted octanol–water partition coefficient (Wildman–Crippen LogP) is 3.39. The highest BCUT2D eigenvalue weighted by Gasteiger charge is 2.18. The summed E-state index contributed by atoms with van der Waals surface area (Å²) in [6, 6.07) is 11.3. The van der Waals surface area contributed by atoms with Gasteiger partial charge in [0.05, 0.1) is 18.0 Å². The third kappa shape index (κ3) is 3.67. The normalized spacial score (nSPS) is 11.6. The summed E-state index contributed by atoms with van der Waals surface area (Å²) in [7, 11) is 1.47. The standard InChI is InChI=1S/C20H16FNO5/c1-27-18-4-2-3-15-19(18)14(16(23)9-17(24)20(25)26)11-22(15)10-12-5-7-13(21)8-6-12/h2-9,11,23H,10H2,1H3,(H,25,26). The Hall–Kier alpha value is -3.61. The number of carboxylic acids is 1. The molecule has 7 heteroatoms. The van der Waals surface area contributed by atoms with Crippen LogP contribution in [0.3, 0.4) is 0 Å². The molecule has 1 aromatic heterocycles. The Morgan fingerprint density at radius 3 is 2.48 bits per heavy atom. The van der Waals surface area contributed by atoms with Crippen LogP contribution < -0.4 is 4.74 Å². The number of carbonyl (C=O) groups excluding carboxylic acids is 1. The fourth-order valence-corrected chi connectivity index (χ4v) is 2.86. The van der Waals surface area contributed by atoms with Crippen LogP contribution in [-0.2, 0) is 16.1 Å². The first-order valence-corrected chi connectivity index (χ1v) is 7.99. The van der Waals surface area contributed by atoms with Gasteiger partial charge >= 0.3 is 5.97 Å². The van der Waals surface area contributed by atoms with Crippen LogP contribution >= 0.6 is 0 Å². The largest absolute Gasteiger partial charge is 0.507 e. The minimum absolute atomic E-state index is 0.263. The summed E-state index contributed by atoms with van der Waals surface area (Å²) >= 11 is 0. The molecule has 2 aromatic carbocycles. The quantitative estimate of drug-likeness (QED) is 0.395. The Balaban J connectivity index is 2.14. The average molecular weight is 369 g/mol. The highest BCUT2D eigenvalue weighted by molar-refractivity contribution is 6.38. The van der Waals surface area contributed by atoms with Crippen LogP contribution in [0.5, 0.6) is 5.75 Å². The second-order valence-corrected chi connectivity index (χ2v) is 5.85. The van der Waals surface area contributed by atoms with Crippen LogP contribution in [0.1, 0.15) is 11.1 Å². The molecule has 6 nitrogen and oxygen atoms in total. The molecule has 0 saturated heterocycles. The molecule has 0 aliphatic heterocycles. The maximum Gasteiger partial charge on any atom is 0.376 e. The van der Waals surface area contributed by atoms with Crippen LogP contribution in [0.2, 0.25) is 0 Å². The van der Waals surface area contributed by atoms with E-state index in [0.717, 1.165) is 5.56 Å². The highest BCUT2D eigenvalue weighted by atomic mass is 19.1. The van der Waals surface area contributed by atoms with Crippen LogP contribution in [-0.4, -0.2) is 33.6 Å². The number of ether oxygens (including phenoxy) is 1. The van der Waals surface area contributed by atoms with Gasteiger partial charge in [-0.2, -0.15) is 0 Å². The number of aliphatic hydroxyl groups is 1. The lowest BCUT2D eigenvalue weighted by atomic mass is 10.1. The Morgan fingerprint density at radius 2 is 1.85 bits per heavy atom. The fraction of sp³-hybridized carbons (Fsp3) is 0.100. The van der Waals surface area contributed by atoms with E-state index in [9.17, 15) is 19.1 Å². The highest BCUT2D eigenvalue weighted by Crippen LogP contribution is 2.34. The maximum atomic E-state index is 13.1. The first kappa shape index (κ1) is 18.2. The van der Waals surface area contributed by atoms with Gasteiger partial charge in [0, 0.05) is 24.4 Å². The molecular weight excluding hydrogens is 353 g/mol. The van der Waals surface area contributed by atoms with Gasteiger partial charge < -0.3 is 19.5 Å². The molecule has 0 saturated carbocycles. The van der Waals surface area contributed by atoms with Gasteiger partial charge in [0.15, 0.2) is 0 Å². The molecule has 3 aromatic rings. The monoisotopic (exact) mass is 369 g/mol. The molecule has 0 aliphatic rings. The first-order chi connectivity index (χ1) is 12.9. The molecule has 0 atom stereocenters. The number of benzene rings is 2. The number of aromatic nitrogens is 1. The number of carboxylic acid groups (broad SMARTS) is 1. The number of aliphatic carboxylic acids is 1. The lowest BCUT2D eigenvalue weighted by Crippen LogP contribution is -2.09. The molecule has 0 aliphatic carbocycles. The molecule has 0 unspecified atom stereocenters. The fourth-order valence-electron chi connectivity index (χ4n) is 2.86. The second-order valence-electron chi connectivity index (χ2n) is 5.85. The number of ketones is 1. The van der Waals surface area contributed by atoms with Gasteiger partial charge in [0.1, 0.15) is 17.3 Å². The van der Waals surface area contributed by atoms with Gasteiger partial charge in [-0.15, -0.1) is 0 Å². The van der Waals surface area contributed by atoms with Gasteiger partial charge in [0.2, 0.25) is 0 Å². The number of halogens is 1. The van der Waals surface area contributed by atoms with Crippen LogP contribution in [0.15, 0.2) is 54.7 Å². The van der Waals surface area contributed by atoms with Crippen molar-refractivity contribution in [3.05, 3.63) is 71.7 Å². The number of fused-ring (bicyclic) bond motifs is 1. The summed E-state index contributed by atoms with van der Waals surface area (Å²) in [4.78, 5) is 22.2. The number of carbonyl (C=O) groups is 2. The lowest BCUT2D eigenvalue weighted by molar-refractivity contribution is -0.146. The van der Waals surface area contributed by atoms with Crippen LogP contribution in [0, 0.1) is 5.82 Å². The van der Waals surface area contributed by atoms with Crippen molar-refractivity contribution in [3.8, 4) is 5.75 Å². The van der Waals surface area contributed by atoms with Crippen molar-refractivity contribution in [2.75, 3.05) is 7.11 Å². The van der Waals surface area contributed by atoms with Gasteiger partial charge in [-0.05, 0) is 29.8 Å². The minimum Gasteiger partial charge on any atom is -0.507 e. The molecule has 3 rings (SSSR count). The Kier molecular flexibility index (Phi) is 4.94. The minimum atomic E-state index is -1.66. The van der Waals surface area contributed by atoms with E-state index in [0.29, 0.717) is 29.3 Å². The summed E-state index contributed by atoms with van der Waals surface area (Å²) in [5, 5.41) is 19.6. The van der Waals surface area contributed by atoms with Crippen molar-refractivity contribution < 1.29 is 28.9 Å². The van der Waals surface area contributed by atoms with E-state index >= 15 is 0 Å². The topological polar surface area (TPSA) is 88.8 Å². The molecule has 2 N–H and O–H groups in total. The first-order valence-electron chi connectivity index (χ1n) is 7.99. The van der Waals surface area contributed by atoms with Gasteiger partial charge in [-0.3, -0.25) is 4.79 Å². The van der Waals surface area contributed by atoms with Crippen LogP contribution in [0.25, 0.3) is 16.7 Å². The van der Waals surface area contributed by atoms with Crippen LogP contribution in [0.4, 0.5) is 4.39 Å². The molecule has 1 heterocycles. The van der Waals surface area contributed by atoms with Crippen molar-refractivity contribution in [1.82, 2.24) is 4.57 Å². The lowest BCUT2D eigenvalue weighted by Gasteiger charge is -2.07. The van der Waals surface area contributed by atoms with Crippen molar-refractivity contribution in [3.63, 3.8) is 0 Å². The summed E-state index contributed by atoms with van der Waals surface area (Å²) in [5.41, 5.74) is 1.79. The van der Waals surface area contributed by atoms with Crippen molar-refractivity contribution in [1.29, 1.82) is 0 Å². The van der Waals surface area contributed by atoms with Crippen molar-refractivity contribution in [2.24, 2.45) is 0 Å². The molecule has 0 amide bonds. The van der Waals surface area contributed by atoms with Crippen molar-refractivity contribution >= 4 is 28.4 Å². The summed E-state index contributed by atoms with van der Waals surface area (Å²) < 4.78 is 20.3. The summed E-state index contributed by atoms with van der Waals surface area (Å²) in [6.45, 7) is 0.379. The zero-order valence-corrected chi connectivity index (χ0v) is 14.3. The number of rotatable bonds is 6. The number of methoxy groups -OCH3 is 1. The smallest absolute Gasteiger partial charge is 0.376 e. The summed E-state index contributed by atoms with van der Waals surface area (Å²) in [5.74, 6) is -3.26. The number of hydrogen-bond acceptors (Lipinski definition) is 4. The molecule has 0 bridgehead atoms. The third-order valence-corrected chi connectivity index (χ3v) is 4.11. The molecule has 0 spiro atoms. The molecular formula is C20H16FNO5. The molecule has 0 radical (unpaired) electrons. The number of aliphatic hydroxyl groups excluding tert-OH is 1. The van der Waals surface area contributed by atoms with Gasteiger partial charge in [-0.25, -0.2) is 9.18 Å². The number of hydrogen-bond donors (Lipinski definition) is 2. The maximum absolute atomic E-state index is 13.1. The van der Waals surface area contributed by atoms with E-state index in [2.05, 4.69) is 0 Å². The number of nitrogens with zero attached hydrogens (tertiary/aromatic N) is 1. The van der Waals surface area contributed by atoms with E-state index in [1.807, 2.05) is 0 Å². The SMILES string of the molecule is COc1cccc2c1c(C(O)=CC(=O)C(=O)O)cn2Cc1ccc(F)cc1. The second kappa shape index (κ2) is 7.33. The van der Waals surface area contributed by atoms with Gasteiger partial charge in [0.25, 0.3) is 5.78 Å². The van der Waals surface area contributed by atoms with E-state index in [1.54, 1.807) is 41.1 Å². The Labute approximate surface area is 153 Å². The van der Waals surface area contributed by atoms with E-state index in [-0.39, 0.29) is 11.4 Å². The Bertz CT molecular complexity index is 1050. The average Bonchev–Trinajstić information content (AvgIpc) is 3.02. The predicted molar refractivity (Wildman–Crippen MR) is 97.2 cm³/mol. The molecule has 0 fully saturated rings. The van der Waals surface area contributed by atoms with Crippen molar-refractivity contribution in [2.45, 2.75) is 6.54 Å². The van der Waals surface area contributed by atoms with E-state index in [1.165, 1.54) is 19.2 Å². The zero-order chi connectivity index (χ0) is 19.6. The zero-order valence-electron chi connectivity index (χ0n) is 14.3. The van der Waals surface area contributed by atoms with E-state index in [4.69, 9.17) is 9.84 Å². The summed E-state index contributed by atoms with van der Waals surface area (Å²) in [6.07, 6.45) is 2.25.